The molecule has 0 radical (unpaired) electrons. The van der Waals surface area contributed by atoms with Crippen molar-refractivity contribution in [2.24, 2.45) is 0 Å². The summed E-state index contributed by atoms with van der Waals surface area (Å²) in [6.45, 7) is 2.60. The summed E-state index contributed by atoms with van der Waals surface area (Å²) in [6, 6.07) is 7.89. The Balaban J connectivity index is 1.69. The van der Waals surface area contributed by atoms with Crippen LogP contribution in [0.5, 0.6) is 5.75 Å². The predicted molar refractivity (Wildman–Crippen MR) is 67.2 cm³/mol. The highest BCUT2D eigenvalue weighted by Gasteiger charge is 2.22. The van der Waals surface area contributed by atoms with Gasteiger partial charge in [-0.15, -0.1) is 0 Å². The lowest BCUT2D eigenvalue weighted by Gasteiger charge is -2.12. The minimum Gasteiger partial charge on any atom is -0.508 e. The molecule has 1 unspecified atom stereocenters. The summed E-state index contributed by atoms with van der Waals surface area (Å²) >= 11 is 0. The minimum atomic E-state index is 0.339. The number of hydrogen-bond donors (Lipinski definition) is 2. The Morgan fingerprint density at radius 2 is 2.33 bits per heavy atom. The molecule has 2 N–H and O–H groups in total. The first-order valence-electron chi connectivity index (χ1n) is 6.20. The molecule has 3 rings (SSSR count). The van der Waals surface area contributed by atoms with Crippen LogP contribution in [-0.4, -0.2) is 10.3 Å². The van der Waals surface area contributed by atoms with E-state index in [1.54, 1.807) is 6.07 Å². The molecule has 0 saturated carbocycles. The van der Waals surface area contributed by atoms with Gasteiger partial charge in [-0.3, -0.25) is 0 Å². The van der Waals surface area contributed by atoms with Crippen molar-refractivity contribution in [3.8, 4) is 5.75 Å². The van der Waals surface area contributed by atoms with Crippen molar-refractivity contribution >= 4 is 0 Å². The number of fused-ring (bicyclic) bond motifs is 1. The summed E-state index contributed by atoms with van der Waals surface area (Å²) in [4.78, 5) is 0. The molecule has 0 amide bonds. The van der Waals surface area contributed by atoms with Crippen LogP contribution < -0.4 is 5.32 Å². The lowest BCUT2D eigenvalue weighted by Crippen LogP contribution is -2.18. The Hall–Kier alpha value is -1.81. The third kappa shape index (κ3) is 2.11. The Morgan fingerprint density at radius 3 is 3.11 bits per heavy atom. The van der Waals surface area contributed by atoms with E-state index in [1.807, 2.05) is 25.1 Å². The van der Waals surface area contributed by atoms with Crippen molar-refractivity contribution in [1.29, 1.82) is 0 Å². The van der Waals surface area contributed by atoms with Gasteiger partial charge in [0.1, 0.15) is 5.75 Å². The number of nitrogens with zero attached hydrogens (tertiary/aromatic N) is 1. The van der Waals surface area contributed by atoms with E-state index in [2.05, 4.69) is 10.5 Å². The maximum atomic E-state index is 9.45. The lowest BCUT2D eigenvalue weighted by molar-refractivity contribution is 0.360. The molecule has 1 heterocycles. The molecular weight excluding hydrogens is 228 g/mol. The van der Waals surface area contributed by atoms with Crippen molar-refractivity contribution in [3.63, 3.8) is 0 Å². The fourth-order valence-electron chi connectivity index (χ4n) is 2.54. The fraction of sp³-hybridized carbons (Fsp3) is 0.357. The number of aromatic hydroxyl groups is 1. The van der Waals surface area contributed by atoms with Gasteiger partial charge in [0.05, 0.1) is 12.2 Å². The van der Waals surface area contributed by atoms with Crippen LogP contribution >= 0.6 is 0 Å². The quantitative estimate of drug-likeness (QED) is 0.870. The molecule has 0 spiro atoms. The zero-order valence-corrected chi connectivity index (χ0v) is 10.3. The zero-order chi connectivity index (χ0) is 12.5. The first-order chi connectivity index (χ1) is 8.72. The van der Waals surface area contributed by atoms with Gasteiger partial charge in [-0.2, -0.15) is 0 Å². The van der Waals surface area contributed by atoms with Gasteiger partial charge in [0.15, 0.2) is 5.76 Å². The Bertz CT molecular complexity index is 563. The van der Waals surface area contributed by atoms with E-state index in [1.165, 1.54) is 11.1 Å². The van der Waals surface area contributed by atoms with Crippen LogP contribution in [0.1, 0.15) is 35.0 Å². The topological polar surface area (TPSA) is 58.3 Å². The summed E-state index contributed by atoms with van der Waals surface area (Å²) in [5.41, 5.74) is 3.42. The van der Waals surface area contributed by atoms with E-state index in [0.29, 0.717) is 18.3 Å². The third-order valence-corrected chi connectivity index (χ3v) is 3.40. The number of aromatic nitrogens is 1. The lowest BCUT2D eigenvalue weighted by atomic mass is 10.1. The van der Waals surface area contributed by atoms with Crippen LogP contribution in [0.15, 0.2) is 28.8 Å². The average Bonchev–Trinajstić information content (AvgIpc) is 2.92. The van der Waals surface area contributed by atoms with Gasteiger partial charge in [0.25, 0.3) is 0 Å². The average molecular weight is 244 g/mol. The largest absolute Gasteiger partial charge is 0.508 e. The number of rotatable bonds is 3. The van der Waals surface area contributed by atoms with Crippen molar-refractivity contribution in [3.05, 3.63) is 46.8 Å². The van der Waals surface area contributed by atoms with Crippen LogP contribution in [0.4, 0.5) is 0 Å². The maximum Gasteiger partial charge on any atom is 0.150 e. The van der Waals surface area contributed by atoms with Gasteiger partial charge in [0, 0.05) is 12.1 Å². The van der Waals surface area contributed by atoms with E-state index in [4.69, 9.17) is 4.52 Å². The number of nitrogens with one attached hydrogen (secondary N) is 1. The smallest absolute Gasteiger partial charge is 0.150 e. The standard InChI is InChI=1S/C14H16N2O2/c1-9-6-12(18-16-9)8-15-14-5-2-10-7-11(17)3-4-13(10)14/h3-4,6-7,14-15,17H,2,5,8H2,1H3. The monoisotopic (exact) mass is 244 g/mol. The van der Waals surface area contributed by atoms with Crippen molar-refractivity contribution in [1.82, 2.24) is 10.5 Å². The molecule has 1 aromatic heterocycles. The summed E-state index contributed by atoms with van der Waals surface area (Å²) in [7, 11) is 0. The molecule has 1 atom stereocenters. The third-order valence-electron chi connectivity index (χ3n) is 3.40. The second kappa shape index (κ2) is 4.46. The molecule has 94 valence electrons. The number of hydrogen-bond acceptors (Lipinski definition) is 4. The summed E-state index contributed by atoms with van der Waals surface area (Å²) in [5, 5.41) is 16.8. The molecule has 4 heteroatoms. The molecule has 4 nitrogen and oxygen atoms in total. The zero-order valence-electron chi connectivity index (χ0n) is 10.3. The number of aryl methyl sites for hydroxylation is 2. The minimum absolute atomic E-state index is 0.339. The highest BCUT2D eigenvalue weighted by molar-refractivity contribution is 5.40. The second-order valence-electron chi connectivity index (χ2n) is 4.79. The van der Waals surface area contributed by atoms with Crippen LogP contribution in [0.25, 0.3) is 0 Å². The van der Waals surface area contributed by atoms with Gasteiger partial charge in [0.2, 0.25) is 0 Å². The second-order valence-corrected chi connectivity index (χ2v) is 4.79. The van der Waals surface area contributed by atoms with E-state index in [0.717, 1.165) is 24.3 Å². The highest BCUT2D eigenvalue weighted by atomic mass is 16.5. The molecule has 1 aromatic carbocycles. The van der Waals surface area contributed by atoms with E-state index < -0.39 is 0 Å². The number of phenols is 1. The van der Waals surface area contributed by atoms with Crippen LogP contribution in [0.2, 0.25) is 0 Å². The van der Waals surface area contributed by atoms with Gasteiger partial charge >= 0.3 is 0 Å². The molecule has 0 fully saturated rings. The fourth-order valence-corrected chi connectivity index (χ4v) is 2.54. The first-order valence-corrected chi connectivity index (χ1v) is 6.20. The predicted octanol–water partition coefficient (Wildman–Crippen LogP) is 2.47. The van der Waals surface area contributed by atoms with Crippen LogP contribution in [0.3, 0.4) is 0 Å². The summed E-state index contributed by atoms with van der Waals surface area (Å²) in [5.74, 6) is 1.21. The molecule has 0 bridgehead atoms. The van der Waals surface area contributed by atoms with Gasteiger partial charge < -0.3 is 14.9 Å². The van der Waals surface area contributed by atoms with Crippen molar-refractivity contribution in [2.45, 2.75) is 32.4 Å². The van der Waals surface area contributed by atoms with Crippen LogP contribution in [0, 0.1) is 6.92 Å². The molecule has 18 heavy (non-hydrogen) atoms. The Labute approximate surface area is 106 Å². The maximum absolute atomic E-state index is 9.45. The number of benzene rings is 1. The Morgan fingerprint density at radius 1 is 1.44 bits per heavy atom. The first kappa shape index (κ1) is 11.3. The molecule has 1 aliphatic rings. The SMILES string of the molecule is Cc1cc(CNC2CCc3cc(O)ccc32)on1. The normalized spacial score (nSPS) is 17.9. The van der Waals surface area contributed by atoms with Gasteiger partial charge in [-0.05, 0) is 43.0 Å². The van der Waals surface area contributed by atoms with Gasteiger partial charge in [-0.1, -0.05) is 11.2 Å². The summed E-state index contributed by atoms with van der Waals surface area (Å²) in [6.07, 6.45) is 2.07. The number of phenolic OH excluding ortho intramolecular Hbond substituents is 1. The molecule has 0 aliphatic heterocycles. The highest BCUT2D eigenvalue weighted by Crippen LogP contribution is 2.33. The molecular formula is C14H16N2O2. The van der Waals surface area contributed by atoms with Gasteiger partial charge in [-0.25, -0.2) is 0 Å². The molecule has 1 aliphatic carbocycles. The Kier molecular flexibility index (Phi) is 2.80. The summed E-state index contributed by atoms with van der Waals surface area (Å²) < 4.78 is 5.18. The van der Waals surface area contributed by atoms with Crippen molar-refractivity contribution in [2.75, 3.05) is 0 Å². The van der Waals surface area contributed by atoms with Crippen molar-refractivity contribution < 1.29 is 9.63 Å². The molecule has 0 saturated heterocycles. The van der Waals surface area contributed by atoms with E-state index in [9.17, 15) is 5.11 Å². The van der Waals surface area contributed by atoms with Crippen LogP contribution in [-0.2, 0) is 13.0 Å². The molecule has 2 aromatic rings. The van der Waals surface area contributed by atoms with E-state index >= 15 is 0 Å². The van der Waals surface area contributed by atoms with E-state index in [-0.39, 0.29) is 0 Å².